The molecule has 5 heteroatoms. The zero-order valence-electron chi connectivity index (χ0n) is 15.0. The smallest absolute Gasteiger partial charge is 0.310 e. The van der Waals surface area contributed by atoms with Gasteiger partial charge in [-0.25, -0.2) is 0 Å². The Balaban J connectivity index is 0.00000182. The summed E-state index contributed by atoms with van der Waals surface area (Å²) in [6.45, 7) is 2.53. The Morgan fingerprint density at radius 2 is 2.12 bits per heavy atom. The number of aliphatic hydroxyl groups excluding tert-OH is 1. The Morgan fingerprint density at radius 1 is 1.36 bits per heavy atom. The molecule has 1 aromatic rings. The number of halogens is 1. The van der Waals surface area contributed by atoms with E-state index in [1.54, 1.807) is 0 Å². The fourth-order valence-electron chi connectivity index (χ4n) is 5.94. The molecule has 5 atom stereocenters. The third-order valence-corrected chi connectivity index (χ3v) is 6.90. The van der Waals surface area contributed by atoms with E-state index in [9.17, 15) is 9.90 Å². The van der Waals surface area contributed by atoms with Crippen LogP contribution in [0.25, 0.3) is 0 Å². The molecule has 5 rings (SSSR count). The van der Waals surface area contributed by atoms with Gasteiger partial charge >= 0.3 is 5.97 Å². The van der Waals surface area contributed by atoms with Gasteiger partial charge in [0.1, 0.15) is 0 Å². The number of likely N-dealkylation sites (N-methyl/N-ethyl adjacent to an activating group) is 1. The van der Waals surface area contributed by atoms with Gasteiger partial charge in [0.05, 0.1) is 12.5 Å². The average Bonchev–Trinajstić information content (AvgIpc) is 2.59. The number of nitrogens with zero attached hydrogens (tertiary/aromatic N) is 1. The maximum Gasteiger partial charge on any atom is 0.310 e. The van der Waals surface area contributed by atoms with Crippen molar-refractivity contribution < 1.29 is 14.6 Å². The summed E-state index contributed by atoms with van der Waals surface area (Å²) < 4.78 is 5.35. The highest BCUT2D eigenvalue weighted by molar-refractivity contribution is 5.85. The fraction of sp³-hybridized carbons (Fsp3) is 0.650. The van der Waals surface area contributed by atoms with E-state index < -0.39 is 0 Å². The standard InChI is InChI=1S/C20H27NO3.ClH/c1-3-24-19(23)14-11-16-17-10-13-6-4-5-7-15(13)20(16,8-9-22)12-18(14)21(17)2;/h4-7,14,16-18,22H,3,8-12H2,1-2H3;1H/t14-,16?,17?,18?,20-;/m0./s1. The predicted molar refractivity (Wildman–Crippen MR) is 99.0 cm³/mol. The van der Waals surface area contributed by atoms with Crippen LogP contribution in [-0.2, 0) is 21.4 Å². The van der Waals surface area contributed by atoms with Crippen LogP contribution in [0.2, 0.25) is 0 Å². The molecule has 2 aliphatic carbocycles. The number of carbonyl (C=O) groups excluding carboxylic acids is 1. The van der Waals surface area contributed by atoms with Crippen LogP contribution < -0.4 is 0 Å². The summed E-state index contributed by atoms with van der Waals surface area (Å²) in [5.74, 6) is 0.362. The Morgan fingerprint density at radius 3 is 2.84 bits per heavy atom. The van der Waals surface area contributed by atoms with Crippen molar-refractivity contribution in [1.82, 2.24) is 4.90 Å². The van der Waals surface area contributed by atoms with Gasteiger partial charge in [0.15, 0.2) is 0 Å². The Labute approximate surface area is 156 Å². The van der Waals surface area contributed by atoms with Gasteiger partial charge in [0.2, 0.25) is 0 Å². The lowest BCUT2D eigenvalue weighted by molar-refractivity contribution is -0.165. The van der Waals surface area contributed by atoms with Gasteiger partial charge in [-0.05, 0) is 56.7 Å². The van der Waals surface area contributed by atoms with E-state index in [-0.39, 0.29) is 42.4 Å². The van der Waals surface area contributed by atoms with E-state index in [1.165, 1.54) is 11.1 Å². The lowest BCUT2D eigenvalue weighted by atomic mass is 9.48. The van der Waals surface area contributed by atoms with E-state index in [0.29, 0.717) is 18.6 Å². The molecule has 1 saturated carbocycles. The Hall–Kier alpha value is -1.10. The van der Waals surface area contributed by atoms with Crippen LogP contribution in [0.3, 0.4) is 0 Å². The SMILES string of the molecule is CCOC(=O)[C@H]1CC2C3Cc4ccccc4[C@]2(CCO)CC1N3C.Cl. The molecule has 4 bridgehead atoms. The first-order valence-corrected chi connectivity index (χ1v) is 9.20. The molecule has 0 aromatic heterocycles. The summed E-state index contributed by atoms with van der Waals surface area (Å²) in [4.78, 5) is 14.9. The number of hydrogen-bond donors (Lipinski definition) is 1. The highest BCUT2D eigenvalue weighted by Crippen LogP contribution is 2.59. The minimum atomic E-state index is -0.0377. The zero-order chi connectivity index (χ0) is 16.9. The van der Waals surface area contributed by atoms with Gasteiger partial charge in [-0.2, -0.15) is 0 Å². The number of fused-ring (bicyclic) bond motifs is 2. The predicted octanol–water partition coefficient (Wildman–Crippen LogP) is 2.56. The lowest BCUT2D eigenvalue weighted by Crippen LogP contribution is -2.69. The highest BCUT2D eigenvalue weighted by atomic mass is 35.5. The summed E-state index contributed by atoms with van der Waals surface area (Å²) in [7, 11) is 2.17. The number of hydrogen-bond acceptors (Lipinski definition) is 4. The van der Waals surface area contributed by atoms with Gasteiger partial charge in [0.25, 0.3) is 0 Å². The summed E-state index contributed by atoms with van der Waals surface area (Å²) >= 11 is 0. The van der Waals surface area contributed by atoms with Crippen molar-refractivity contribution in [3.8, 4) is 0 Å². The topological polar surface area (TPSA) is 49.8 Å². The molecule has 4 aliphatic rings. The fourth-order valence-corrected chi connectivity index (χ4v) is 5.94. The first kappa shape index (κ1) is 18.7. The molecule has 138 valence electrons. The summed E-state index contributed by atoms with van der Waals surface area (Å²) in [5.41, 5.74) is 2.86. The molecule has 3 fully saturated rings. The average molecular weight is 366 g/mol. The van der Waals surface area contributed by atoms with Crippen LogP contribution in [-0.4, -0.2) is 48.3 Å². The summed E-state index contributed by atoms with van der Waals surface area (Å²) in [5, 5.41) is 9.80. The zero-order valence-corrected chi connectivity index (χ0v) is 15.8. The van der Waals surface area contributed by atoms with Crippen molar-refractivity contribution in [2.45, 2.75) is 50.1 Å². The van der Waals surface area contributed by atoms with Gasteiger partial charge in [-0.3, -0.25) is 9.69 Å². The lowest BCUT2D eigenvalue weighted by Gasteiger charge is -2.64. The molecule has 0 amide bonds. The number of piperidine rings is 2. The minimum Gasteiger partial charge on any atom is -0.466 e. The Kier molecular flexibility index (Phi) is 5.16. The van der Waals surface area contributed by atoms with Crippen LogP contribution in [0.1, 0.15) is 37.3 Å². The molecule has 4 nitrogen and oxygen atoms in total. The van der Waals surface area contributed by atoms with Crippen molar-refractivity contribution in [3.05, 3.63) is 35.4 Å². The van der Waals surface area contributed by atoms with Crippen LogP contribution >= 0.6 is 12.4 Å². The van der Waals surface area contributed by atoms with Crippen LogP contribution in [0.4, 0.5) is 0 Å². The number of aliphatic hydroxyl groups is 1. The highest BCUT2D eigenvalue weighted by Gasteiger charge is 2.61. The third kappa shape index (κ3) is 2.61. The van der Waals surface area contributed by atoms with E-state index >= 15 is 0 Å². The third-order valence-electron chi connectivity index (χ3n) is 6.90. The first-order valence-electron chi connectivity index (χ1n) is 9.20. The van der Waals surface area contributed by atoms with Crippen molar-refractivity contribution in [3.63, 3.8) is 0 Å². The molecule has 2 aliphatic heterocycles. The molecule has 0 spiro atoms. The Bertz CT molecular complexity index is 652. The molecule has 2 saturated heterocycles. The summed E-state index contributed by atoms with van der Waals surface area (Å²) in [6.07, 6.45) is 3.69. The quantitative estimate of drug-likeness (QED) is 0.833. The van der Waals surface area contributed by atoms with E-state index in [1.807, 2.05) is 6.92 Å². The molecule has 1 N–H and O–H groups in total. The van der Waals surface area contributed by atoms with E-state index in [2.05, 4.69) is 36.2 Å². The van der Waals surface area contributed by atoms with Crippen molar-refractivity contribution >= 4 is 18.4 Å². The number of ether oxygens (including phenoxy) is 1. The molecule has 2 heterocycles. The maximum absolute atomic E-state index is 12.5. The van der Waals surface area contributed by atoms with Gasteiger partial charge in [-0.1, -0.05) is 24.3 Å². The normalized spacial score (nSPS) is 35.6. The van der Waals surface area contributed by atoms with Crippen LogP contribution in [0, 0.1) is 11.8 Å². The van der Waals surface area contributed by atoms with E-state index in [0.717, 1.165) is 25.7 Å². The molecule has 1 aromatic carbocycles. The number of carbonyl (C=O) groups is 1. The van der Waals surface area contributed by atoms with Crippen LogP contribution in [0.15, 0.2) is 24.3 Å². The number of esters is 1. The monoisotopic (exact) mass is 365 g/mol. The second-order valence-electron chi connectivity index (χ2n) is 7.70. The number of rotatable bonds is 4. The van der Waals surface area contributed by atoms with Crippen LogP contribution in [0.5, 0.6) is 0 Å². The second-order valence-corrected chi connectivity index (χ2v) is 7.70. The van der Waals surface area contributed by atoms with Crippen molar-refractivity contribution in [2.75, 3.05) is 20.3 Å². The van der Waals surface area contributed by atoms with Gasteiger partial charge < -0.3 is 9.84 Å². The van der Waals surface area contributed by atoms with Crippen molar-refractivity contribution in [1.29, 1.82) is 0 Å². The first-order chi connectivity index (χ1) is 11.6. The molecular weight excluding hydrogens is 338 g/mol. The molecule has 0 radical (unpaired) electrons. The minimum absolute atomic E-state index is 0. The maximum atomic E-state index is 12.5. The van der Waals surface area contributed by atoms with Gasteiger partial charge in [0, 0.05) is 24.1 Å². The van der Waals surface area contributed by atoms with E-state index in [4.69, 9.17) is 4.74 Å². The molecule has 25 heavy (non-hydrogen) atoms. The largest absolute Gasteiger partial charge is 0.466 e. The number of benzene rings is 1. The summed E-state index contributed by atoms with van der Waals surface area (Å²) in [6, 6.07) is 9.42. The molecule has 3 unspecified atom stereocenters. The van der Waals surface area contributed by atoms with Gasteiger partial charge in [-0.15, -0.1) is 12.4 Å². The molecular formula is C20H28ClNO3. The second kappa shape index (κ2) is 6.90. The van der Waals surface area contributed by atoms with Crippen molar-refractivity contribution in [2.24, 2.45) is 11.8 Å².